The minimum absolute atomic E-state index is 0.348. The Balaban J connectivity index is 0.000000206. The molecule has 0 bridgehead atoms. The molecule has 0 fully saturated rings. The van der Waals surface area contributed by atoms with Crippen LogP contribution in [-0.2, 0) is 23.1 Å². The van der Waals surface area contributed by atoms with E-state index in [-0.39, 0.29) is 31.7 Å². The molecule has 0 amide bonds. The summed E-state index contributed by atoms with van der Waals surface area (Å²) in [6, 6.07) is 88.4. The van der Waals surface area contributed by atoms with Gasteiger partial charge in [0.1, 0.15) is 0 Å². The van der Waals surface area contributed by atoms with Gasteiger partial charge >= 0.3 is 47.6 Å². The molecule has 0 aliphatic rings. The molecule has 0 heterocycles. The largest absolute Gasteiger partial charge is 0.0622 e. The first kappa shape index (κ1) is 55.6. The number of alkyl halides is 3. The Kier molecular flexibility index (Phi) is 24.3. The van der Waals surface area contributed by atoms with Crippen LogP contribution < -0.4 is 42.4 Å². The molecule has 3 nitrogen and oxygen atoms in total. The normalized spacial score (nSPS) is 11.4. The summed E-state index contributed by atoms with van der Waals surface area (Å²) in [5, 5.41) is 11.8. The van der Waals surface area contributed by atoms with E-state index in [1.165, 1.54) is 67.1 Å². The van der Waals surface area contributed by atoms with Gasteiger partial charge in [-0.3, -0.25) is 0 Å². The fourth-order valence-corrected chi connectivity index (χ4v) is 17.6. The summed E-state index contributed by atoms with van der Waals surface area (Å²) in [4.78, 5) is 0. The molecule has 15 heteroatoms. The van der Waals surface area contributed by atoms with Crippen molar-refractivity contribution in [2.45, 2.75) is 5.51 Å². The van der Waals surface area contributed by atoms with Crippen LogP contribution >= 0.6 is 60.8 Å². The third-order valence-corrected chi connectivity index (χ3v) is 21.2. The molecule has 8 rings (SSSR count). The molecule has 0 aliphatic heterocycles. The van der Waals surface area contributed by atoms with E-state index < -0.39 is 28.6 Å². The van der Waals surface area contributed by atoms with E-state index in [4.69, 9.17) is 42.0 Å². The summed E-state index contributed by atoms with van der Waals surface area (Å²) in [7, 11) is 7.36. The first-order valence-electron chi connectivity index (χ1n) is 21.0. The molecule has 0 unspecified atom stereocenters. The maximum atomic E-state index is 10.7. The summed E-state index contributed by atoms with van der Waals surface area (Å²) in [6.45, 7) is 0. The van der Waals surface area contributed by atoms with E-state index >= 15 is 0 Å². The zero-order valence-electron chi connectivity index (χ0n) is 36.5. The maximum Gasteiger partial charge on any atom is -0.0195 e. The zero-order chi connectivity index (χ0) is 48.6. The van der Waals surface area contributed by atoms with Gasteiger partial charge in [0.15, 0.2) is 10.1 Å². The Morgan fingerprint density at radius 3 is 0.529 bits per heavy atom. The first-order valence-corrected chi connectivity index (χ1v) is 35.2. The summed E-state index contributed by atoms with van der Waals surface area (Å²) in [5.74, 6) is 0. The van der Waals surface area contributed by atoms with Gasteiger partial charge in [0.2, 0.25) is 0 Å². The van der Waals surface area contributed by atoms with Crippen molar-refractivity contribution in [2.24, 2.45) is 0 Å². The van der Waals surface area contributed by atoms with Crippen LogP contribution in [0.15, 0.2) is 243 Å². The van der Waals surface area contributed by atoms with Gasteiger partial charge in [-0.1, -0.05) is 243 Å². The van der Waals surface area contributed by atoms with Crippen molar-refractivity contribution in [3.8, 4) is 0 Å². The molecule has 0 radical (unpaired) electrons. The second-order valence-electron chi connectivity index (χ2n) is 14.3. The van der Waals surface area contributed by atoms with Crippen molar-refractivity contribution in [1.82, 2.24) is 0 Å². The van der Waals surface area contributed by atoms with Crippen LogP contribution in [0.2, 0.25) is 0 Å². The second kappa shape index (κ2) is 29.8. The number of hydrogen-bond acceptors (Lipinski definition) is 3. The molecule has 0 aliphatic carbocycles. The Morgan fingerprint density at radius 2 is 0.441 bits per heavy atom. The molecule has 0 atom stereocenters. The average molecular weight is 1150 g/mol. The Morgan fingerprint density at radius 1 is 0.338 bits per heavy atom. The third-order valence-electron chi connectivity index (χ3n) is 9.92. The standard InChI is InChI=1S/2C26H24P2.CHF3O3S.3ClH.Ru/c2*1-5-13-23(14-6-1)27(24-15-7-2-8-16-24)21-22-28(25-17-9-3-10-18-25)26-19-11-4-12-20-26;2-1(3,4)8(5,6)7;;;;/h2*1-20H,21-22H2;(H,5,6,7);3*1H;/q;;;;;;+4/p-4. The van der Waals surface area contributed by atoms with Crippen molar-refractivity contribution in [2.75, 3.05) is 24.6 Å². The van der Waals surface area contributed by atoms with E-state index in [2.05, 4.69) is 243 Å². The van der Waals surface area contributed by atoms with Gasteiger partial charge in [-0.2, -0.15) is 13.2 Å². The average Bonchev–Trinajstić information content (AvgIpc) is 3.36. The predicted octanol–water partition coefficient (Wildman–Crippen LogP) is 12.6. The van der Waals surface area contributed by atoms with Crippen molar-refractivity contribution in [3.63, 3.8) is 0 Å². The Labute approximate surface area is 421 Å². The summed E-state index contributed by atoms with van der Waals surface area (Å²) in [6.07, 6.45) is 4.83. The van der Waals surface area contributed by atoms with Crippen LogP contribution in [0.4, 0.5) is 13.2 Å². The van der Waals surface area contributed by atoms with Gasteiger partial charge in [-0.15, -0.1) is 0 Å². The number of hydrogen-bond donors (Lipinski definition) is 0. The van der Waals surface area contributed by atoms with Crippen molar-refractivity contribution < 1.29 is 39.1 Å². The second-order valence-corrected chi connectivity index (χ2v) is 33.0. The molecule has 0 aromatic heterocycles. The van der Waals surface area contributed by atoms with Crippen LogP contribution in [0.1, 0.15) is 0 Å². The van der Waals surface area contributed by atoms with Crippen molar-refractivity contribution in [1.29, 1.82) is 0 Å². The fraction of sp³-hybridized carbons (Fsp3) is 0.0943. The van der Waals surface area contributed by atoms with Gasteiger partial charge in [0.05, 0.1) is 0 Å². The minimum Gasteiger partial charge on any atom is -0.0622 e. The monoisotopic (exact) mass is 1150 g/mol. The van der Waals surface area contributed by atoms with Crippen LogP contribution in [0.25, 0.3) is 0 Å². The molecule has 68 heavy (non-hydrogen) atoms. The van der Waals surface area contributed by atoms with E-state index in [1.54, 1.807) is 0 Å². The summed E-state index contributed by atoms with van der Waals surface area (Å²) < 4.78 is 58.9. The quantitative estimate of drug-likeness (QED) is 0.0472. The number of rotatable bonds is 14. The molecular weight excluding hydrogens is 1100 g/mol. The van der Waals surface area contributed by atoms with Crippen molar-refractivity contribution in [3.05, 3.63) is 243 Å². The van der Waals surface area contributed by atoms with E-state index in [1.807, 2.05) is 0 Å². The molecule has 8 aromatic carbocycles. The predicted molar refractivity (Wildman–Crippen MR) is 289 cm³/mol. The van der Waals surface area contributed by atoms with Gasteiger partial charge < -0.3 is 4.55 Å². The van der Waals surface area contributed by atoms with Crippen molar-refractivity contribution >= 4 is 113 Å². The summed E-state index contributed by atoms with van der Waals surface area (Å²) in [5.41, 5.74) is -5.65. The number of halogens is 6. The fourth-order valence-electron chi connectivity index (χ4n) is 6.89. The minimum atomic E-state index is -6.09. The van der Waals surface area contributed by atoms with E-state index in [0.717, 1.165) is 0 Å². The molecular formula is C53H48Cl3F3O3P4RuS. The first-order chi connectivity index (χ1) is 32.8. The maximum absolute atomic E-state index is 10.7. The Bertz CT molecular complexity index is 2210. The van der Waals surface area contributed by atoms with Gasteiger partial charge in [0, 0.05) is 0 Å². The van der Waals surface area contributed by atoms with Crippen LogP contribution in [-0.4, -0.2) is 43.1 Å². The van der Waals surface area contributed by atoms with Crippen LogP contribution in [0.5, 0.6) is 0 Å². The zero-order valence-corrected chi connectivity index (χ0v) is 44.9. The SMILES string of the molecule is O=S(=O)([O-])C(F)(F)F.[Cl][Ru+]([Cl])[Cl].c1ccc(P(CCP(c2ccccc2)c2ccccc2)c2ccccc2)cc1.c1ccc(P(CCP(c2ccccc2)c2ccccc2)c2ccccc2)cc1. The number of benzene rings is 8. The molecule has 0 N–H and O–H groups in total. The van der Waals surface area contributed by atoms with Gasteiger partial charge in [0.25, 0.3) is 0 Å². The van der Waals surface area contributed by atoms with E-state index in [9.17, 15) is 13.2 Å². The van der Waals surface area contributed by atoms with Crippen LogP contribution in [0.3, 0.4) is 0 Å². The molecule has 0 saturated heterocycles. The molecule has 354 valence electrons. The smallest absolute Gasteiger partial charge is 0.0195 e. The molecule has 0 spiro atoms. The van der Waals surface area contributed by atoms with E-state index in [0.29, 0.717) is 0 Å². The van der Waals surface area contributed by atoms with Crippen LogP contribution in [0, 0.1) is 0 Å². The third kappa shape index (κ3) is 19.1. The molecule has 8 aromatic rings. The van der Waals surface area contributed by atoms with Gasteiger partial charge in [-0.05, 0) is 98.8 Å². The topological polar surface area (TPSA) is 57.2 Å². The Hall–Kier alpha value is -3.33. The molecule has 0 saturated carbocycles. The summed E-state index contributed by atoms with van der Waals surface area (Å²) >= 11 is -1.75. The van der Waals surface area contributed by atoms with Gasteiger partial charge in [-0.25, -0.2) is 8.42 Å².